The molecule has 5 rings (SSSR count). The monoisotopic (exact) mass is 448 g/mol. The van der Waals surface area contributed by atoms with Crippen LogP contribution in [0, 0.1) is 5.92 Å². The SMILES string of the molecule is O=C(Cn1c(CCNC(=O)C2CCCCC2)nc2ccccc21)Nc1ccc2c(c1)OCO2. The highest BCUT2D eigenvalue weighted by Crippen LogP contribution is 2.34. The van der Waals surface area contributed by atoms with E-state index in [0.29, 0.717) is 30.2 Å². The van der Waals surface area contributed by atoms with Gasteiger partial charge >= 0.3 is 0 Å². The van der Waals surface area contributed by atoms with E-state index in [1.807, 2.05) is 28.8 Å². The lowest BCUT2D eigenvalue weighted by molar-refractivity contribution is -0.125. The first-order chi connectivity index (χ1) is 16.2. The van der Waals surface area contributed by atoms with Gasteiger partial charge < -0.3 is 24.7 Å². The third-order valence-electron chi connectivity index (χ3n) is 6.32. The fourth-order valence-corrected chi connectivity index (χ4v) is 4.62. The van der Waals surface area contributed by atoms with E-state index >= 15 is 0 Å². The van der Waals surface area contributed by atoms with Crippen molar-refractivity contribution in [2.45, 2.75) is 45.1 Å². The van der Waals surface area contributed by atoms with E-state index < -0.39 is 0 Å². The van der Waals surface area contributed by atoms with Crippen LogP contribution < -0.4 is 20.1 Å². The summed E-state index contributed by atoms with van der Waals surface area (Å²) < 4.78 is 12.6. The summed E-state index contributed by atoms with van der Waals surface area (Å²) in [4.78, 5) is 30.1. The van der Waals surface area contributed by atoms with Gasteiger partial charge in [0.2, 0.25) is 18.6 Å². The van der Waals surface area contributed by atoms with Crippen LogP contribution in [0.15, 0.2) is 42.5 Å². The number of amides is 2. The number of carbonyl (C=O) groups is 2. The summed E-state index contributed by atoms with van der Waals surface area (Å²) in [6, 6.07) is 13.1. The Kier molecular flexibility index (Phi) is 6.15. The maximum absolute atomic E-state index is 12.9. The molecule has 3 aromatic rings. The summed E-state index contributed by atoms with van der Waals surface area (Å²) in [5, 5.41) is 6.00. The van der Waals surface area contributed by atoms with Gasteiger partial charge in [-0.3, -0.25) is 9.59 Å². The van der Waals surface area contributed by atoms with E-state index in [2.05, 4.69) is 10.6 Å². The number of nitrogens with one attached hydrogen (secondary N) is 2. The van der Waals surface area contributed by atoms with Gasteiger partial charge in [0.05, 0.1) is 11.0 Å². The molecule has 2 aliphatic rings. The van der Waals surface area contributed by atoms with Gasteiger partial charge in [-0.15, -0.1) is 0 Å². The molecule has 0 atom stereocenters. The zero-order valence-corrected chi connectivity index (χ0v) is 18.5. The Labute approximate surface area is 192 Å². The molecule has 1 aliphatic carbocycles. The maximum Gasteiger partial charge on any atom is 0.244 e. The minimum atomic E-state index is -0.162. The molecule has 0 saturated heterocycles. The second-order valence-electron chi connectivity index (χ2n) is 8.60. The second kappa shape index (κ2) is 9.52. The molecule has 8 nitrogen and oxygen atoms in total. The quantitative estimate of drug-likeness (QED) is 0.576. The molecule has 1 saturated carbocycles. The Balaban J connectivity index is 1.26. The number of benzene rings is 2. The van der Waals surface area contributed by atoms with E-state index in [0.717, 1.165) is 42.5 Å². The summed E-state index contributed by atoms with van der Waals surface area (Å²) in [7, 11) is 0. The molecule has 8 heteroatoms. The molecule has 0 unspecified atom stereocenters. The molecule has 2 aromatic carbocycles. The number of imidazole rings is 1. The highest BCUT2D eigenvalue weighted by Gasteiger charge is 2.21. The first kappa shape index (κ1) is 21.3. The Morgan fingerprint density at radius 2 is 1.85 bits per heavy atom. The number of fused-ring (bicyclic) bond motifs is 2. The predicted octanol–water partition coefficient (Wildman–Crippen LogP) is 3.64. The van der Waals surface area contributed by atoms with E-state index in [-0.39, 0.29) is 31.1 Å². The molecule has 1 aromatic heterocycles. The number of nitrogens with zero attached hydrogens (tertiary/aromatic N) is 2. The first-order valence-electron chi connectivity index (χ1n) is 11.6. The fourth-order valence-electron chi connectivity index (χ4n) is 4.62. The zero-order valence-electron chi connectivity index (χ0n) is 18.5. The van der Waals surface area contributed by atoms with Gasteiger partial charge in [0.1, 0.15) is 12.4 Å². The molecule has 0 radical (unpaired) electrons. The highest BCUT2D eigenvalue weighted by molar-refractivity contribution is 5.92. The fraction of sp³-hybridized carbons (Fsp3) is 0.400. The van der Waals surface area contributed by atoms with Crippen molar-refractivity contribution >= 4 is 28.5 Å². The largest absolute Gasteiger partial charge is 0.454 e. The number of hydrogen-bond acceptors (Lipinski definition) is 5. The van der Waals surface area contributed by atoms with Crippen LogP contribution in [0.2, 0.25) is 0 Å². The van der Waals surface area contributed by atoms with Crippen molar-refractivity contribution in [3.63, 3.8) is 0 Å². The third kappa shape index (κ3) is 4.79. The minimum absolute atomic E-state index is 0.126. The molecular weight excluding hydrogens is 420 g/mol. The molecule has 2 amide bonds. The minimum Gasteiger partial charge on any atom is -0.454 e. The molecule has 2 heterocycles. The van der Waals surface area contributed by atoms with E-state index in [1.54, 1.807) is 18.2 Å². The van der Waals surface area contributed by atoms with Crippen molar-refractivity contribution in [3.05, 3.63) is 48.3 Å². The molecule has 2 N–H and O–H groups in total. The van der Waals surface area contributed by atoms with Gasteiger partial charge in [0.25, 0.3) is 0 Å². The van der Waals surface area contributed by atoms with Gasteiger partial charge in [0.15, 0.2) is 11.5 Å². The van der Waals surface area contributed by atoms with Crippen LogP contribution in [0.25, 0.3) is 11.0 Å². The van der Waals surface area contributed by atoms with Crippen molar-refractivity contribution < 1.29 is 19.1 Å². The Hall–Kier alpha value is -3.55. The zero-order chi connectivity index (χ0) is 22.6. The lowest BCUT2D eigenvalue weighted by Crippen LogP contribution is -2.33. The summed E-state index contributed by atoms with van der Waals surface area (Å²) in [5.41, 5.74) is 2.38. The molecule has 172 valence electrons. The molecule has 0 bridgehead atoms. The number of anilines is 1. The van der Waals surface area contributed by atoms with Gasteiger partial charge in [-0.25, -0.2) is 4.98 Å². The Morgan fingerprint density at radius 3 is 2.73 bits per heavy atom. The predicted molar refractivity (Wildman–Crippen MR) is 124 cm³/mol. The van der Waals surface area contributed by atoms with Gasteiger partial charge in [-0.1, -0.05) is 31.4 Å². The van der Waals surface area contributed by atoms with Crippen LogP contribution in [0.4, 0.5) is 5.69 Å². The Morgan fingerprint density at radius 1 is 1.03 bits per heavy atom. The third-order valence-corrected chi connectivity index (χ3v) is 6.32. The van der Waals surface area contributed by atoms with Crippen LogP contribution in [0.1, 0.15) is 37.9 Å². The number of para-hydroxylation sites is 2. The second-order valence-corrected chi connectivity index (χ2v) is 8.60. The summed E-state index contributed by atoms with van der Waals surface area (Å²) in [6.45, 7) is 0.817. The topological polar surface area (TPSA) is 94.5 Å². The lowest BCUT2D eigenvalue weighted by atomic mass is 9.89. The van der Waals surface area contributed by atoms with Crippen molar-refractivity contribution in [1.82, 2.24) is 14.9 Å². The average molecular weight is 449 g/mol. The summed E-state index contributed by atoms with van der Waals surface area (Å²) in [5.74, 6) is 2.18. The van der Waals surface area contributed by atoms with Gasteiger partial charge in [-0.2, -0.15) is 0 Å². The van der Waals surface area contributed by atoms with E-state index in [4.69, 9.17) is 14.5 Å². The number of carbonyl (C=O) groups excluding carboxylic acids is 2. The smallest absolute Gasteiger partial charge is 0.244 e. The highest BCUT2D eigenvalue weighted by atomic mass is 16.7. The first-order valence-corrected chi connectivity index (χ1v) is 11.6. The van der Waals surface area contributed by atoms with Crippen molar-refractivity contribution in [2.24, 2.45) is 5.92 Å². The average Bonchev–Trinajstić information content (AvgIpc) is 3.44. The molecule has 1 fully saturated rings. The van der Waals surface area contributed by atoms with Crippen LogP contribution in [0.3, 0.4) is 0 Å². The Bertz CT molecular complexity index is 1170. The van der Waals surface area contributed by atoms with Crippen LogP contribution >= 0.6 is 0 Å². The maximum atomic E-state index is 12.9. The van der Waals surface area contributed by atoms with Crippen molar-refractivity contribution in [2.75, 3.05) is 18.7 Å². The van der Waals surface area contributed by atoms with Crippen LogP contribution in [-0.4, -0.2) is 34.7 Å². The van der Waals surface area contributed by atoms with Crippen LogP contribution in [0.5, 0.6) is 11.5 Å². The number of ether oxygens (including phenoxy) is 2. The van der Waals surface area contributed by atoms with Crippen molar-refractivity contribution in [1.29, 1.82) is 0 Å². The summed E-state index contributed by atoms with van der Waals surface area (Å²) in [6.07, 6.45) is 6.00. The molecule has 1 aliphatic heterocycles. The normalized spacial score (nSPS) is 15.5. The number of rotatable bonds is 7. The van der Waals surface area contributed by atoms with Crippen LogP contribution in [-0.2, 0) is 22.6 Å². The van der Waals surface area contributed by atoms with E-state index in [1.165, 1.54) is 6.42 Å². The number of aromatic nitrogens is 2. The van der Waals surface area contributed by atoms with Crippen molar-refractivity contribution in [3.8, 4) is 11.5 Å². The van der Waals surface area contributed by atoms with Gasteiger partial charge in [-0.05, 0) is 37.1 Å². The summed E-state index contributed by atoms with van der Waals surface area (Å²) >= 11 is 0. The molecule has 0 spiro atoms. The van der Waals surface area contributed by atoms with Gasteiger partial charge in [0, 0.05) is 30.6 Å². The standard InChI is InChI=1S/C25H28N4O4/c30-24(27-18-10-11-21-22(14-18)33-16-32-21)15-29-20-9-5-4-8-19(20)28-23(29)12-13-26-25(31)17-6-2-1-3-7-17/h4-5,8-11,14,17H,1-3,6-7,12-13,15-16H2,(H,26,31)(H,27,30). The lowest BCUT2D eigenvalue weighted by Gasteiger charge is -2.20. The number of hydrogen-bond donors (Lipinski definition) is 2. The molecular formula is C25H28N4O4. The molecule has 33 heavy (non-hydrogen) atoms. The van der Waals surface area contributed by atoms with E-state index in [9.17, 15) is 9.59 Å².